The Morgan fingerprint density at radius 1 is 1.15 bits per heavy atom. The van der Waals surface area contributed by atoms with E-state index in [1.165, 1.54) is 22.9 Å². The van der Waals surface area contributed by atoms with Gasteiger partial charge in [0.2, 0.25) is 5.16 Å². The van der Waals surface area contributed by atoms with Gasteiger partial charge >= 0.3 is 0 Å². The summed E-state index contributed by atoms with van der Waals surface area (Å²) in [5, 5.41) is 8.73. The molecule has 136 valence electrons. The van der Waals surface area contributed by atoms with Crippen molar-refractivity contribution in [2.45, 2.75) is 25.4 Å². The summed E-state index contributed by atoms with van der Waals surface area (Å²) in [5.74, 6) is 1.08. The Bertz CT molecular complexity index is 1100. The summed E-state index contributed by atoms with van der Waals surface area (Å²) >= 11 is 1.35. The van der Waals surface area contributed by atoms with E-state index >= 15 is 0 Å². The van der Waals surface area contributed by atoms with Gasteiger partial charge in [0.05, 0.1) is 5.75 Å². The van der Waals surface area contributed by atoms with Gasteiger partial charge in [-0.15, -0.1) is 5.10 Å². The SMILES string of the molecule is CCc1cccc2c(C(=O)CSc3n[nH]c(-c4ccc(C)cc4)n3)c[nH]c12. The highest BCUT2D eigenvalue weighted by Gasteiger charge is 2.15. The second-order valence-corrected chi connectivity index (χ2v) is 7.38. The number of aromatic nitrogens is 4. The highest BCUT2D eigenvalue weighted by atomic mass is 32.2. The van der Waals surface area contributed by atoms with Crippen LogP contribution in [0.25, 0.3) is 22.3 Å². The second-order valence-electron chi connectivity index (χ2n) is 6.44. The van der Waals surface area contributed by atoms with Crippen LogP contribution in [0.2, 0.25) is 0 Å². The average molecular weight is 376 g/mol. The minimum atomic E-state index is 0.0705. The molecule has 0 aliphatic carbocycles. The molecule has 6 heteroatoms. The van der Waals surface area contributed by atoms with Crippen LogP contribution in [0.4, 0.5) is 0 Å². The van der Waals surface area contributed by atoms with Crippen LogP contribution in [0.1, 0.15) is 28.4 Å². The van der Waals surface area contributed by atoms with E-state index in [0.29, 0.717) is 16.7 Å². The molecule has 0 saturated carbocycles. The van der Waals surface area contributed by atoms with Gasteiger partial charge < -0.3 is 4.98 Å². The number of nitrogens with zero attached hydrogens (tertiary/aromatic N) is 2. The van der Waals surface area contributed by atoms with Crippen LogP contribution in [0.15, 0.2) is 53.8 Å². The summed E-state index contributed by atoms with van der Waals surface area (Å²) in [7, 11) is 0. The first-order chi connectivity index (χ1) is 13.2. The number of rotatable bonds is 6. The van der Waals surface area contributed by atoms with Crippen molar-refractivity contribution in [2.24, 2.45) is 0 Å². The van der Waals surface area contributed by atoms with Crippen molar-refractivity contribution in [1.82, 2.24) is 20.2 Å². The Balaban J connectivity index is 1.48. The monoisotopic (exact) mass is 376 g/mol. The number of Topliss-reactive ketones (excluding diaryl/α,β-unsaturated/α-hetero) is 1. The average Bonchev–Trinajstić information content (AvgIpc) is 3.33. The van der Waals surface area contributed by atoms with Gasteiger partial charge in [-0.3, -0.25) is 9.89 Å². The molecular formula is C21H20N4OS. The fourth-order valence-electron chi connectivity index (χ4n) is 3.10. The van der Waals surface area contributed by atoms with Gasteiger partial charge in [-0.25, -0.2) is 4.98 Å². The highest BCUT2D eigenvalue weighted by molar-refractivity contribution is 7.99. The van der Waals surface area contributed by atoms with Crippen molar-refractivity contribution in [3.8, 4) is 11.4 Å². The van der Waals surface area contributed by atoms with Crippen molar-refractivity contribution in [3.63, 3.8) is 0 Å². The maximum absolute atomic E-state index is 12.7. The van der Waals surface area contributed by atoms with Gasteiger partial charge in [0.1, 0.15) is 0 Å². The number of aromatic amines is 2. The molecule has 0 amide bonds. The topological polar surface area (TPSA) is 74.4 Å². The molecule has 0 radical (unpaired) electrons. The first kappa shape index (κ1) is 17.5. The lowest BCUT2D eigenvalue weighted by atomic mass is 10.1. The Kier molecular flexibility index (Phi) is 4.81. The normalized spacial score (nSPS) is 11.2. The number of ketones is 1. The molecule has 2 aromatic carbocycles. The van der Waals surface area contributed by atoms with E-state index in [1.54, 1.807) is 0 Å². The third-order valence-corrected chi connectivity index (χ3v) is 5.45. The summed E-state index contributed by atoms with van der Waals surface area (Å²) in [6.45, 7) is 4.16. The third kappa shape index (κ3) is 3.53. The van der Waals surface area contributed by atoms with Crippen LogP contribution < -0.4 is 0 Å². The van der Waals surface area contributed by atoms with Crippen LogP contribution in [0.3, 0.4) is 0 Å². The summed E-state index contributed by atoms with van der Waals surface area (Å²) in [5.41, 5.74) is 5.17. The molecule has 0 bridgehead atoms. The molecule has 4 aromatic rings. The van der Waals surface area contributed by atoms with Crippen LogP contribution in [-0.4, -0.2) is 31.7 Å². The highest BCUT2D eigenvalue weighted by Crippen LogP contribution is 2.25. The van der Waals surface area contributed by atoms with E-state index < -0.39 is 0 Å². The first-order valence-corrected chi connectivity index (χ1v) is 9.88. The number of hydrogen-bond donors (Lipinski definition) is 2. The molecule has 5 nitrogen and oxygen atoms in total. The minimum Gasteiger partial charge on any atom is -0.360 e. The molecule has 2 N–H and O–H groups in total. The zero-order chi connectivity index (χ0) is 18.8. The summed E-state index contributed by atoms with van der Waals surface area (Å²) in [6.07, 6.45) is 2.74. The molecule has 0 aliphatic rings. The maximum Gasteiger partial charge on any atom is 0.209 e. The predicted octanol–water partition coefficient (Wildman–Crippen LogP) is 4.80. The number of thioether (sulfide) groups is 1. The molecular weight excluding hydrogens is 356 g/mol. The van der Waals surface area contributed by atoms with Crippen molar-refractivity contribution in [1.29, 1.82) is 0 Å². The van der Waals surface area contributed by atoms with E-state index in [4.69, 9.17) is 0 Å². The number of carbonyl (C=O) groups is 1. The van der Waals surface area contributed by atoms with Crippen LogP contribution >= 0.6 is 11.8 Å². The molecule has 0 saturated heterocycles. The van der Waals surface area contributed by atoms with E-state index in [9.17, 15) is 4.79 Å². The zero-order valence-corrected chi connectivity index (χ0v) is 16.1. The Morgan fingerprint density at radius 2 is 1.96 bits per heavy atom. The third-order valence-electron chi connectivity index (χ3n) is 4.61. The molecule has 2 heterocycles. The van der Waals surface area contributed by atoms with Gasteiger partial charge in [0.15, 0.2) is 11.6 Å². The summed E-state index contributed by atoms with van der Waals surface area (Å²) < 4.78 is 0. The number of carbonyl (C=O) groups excluding carboxylic acids is 1. The Labute approximate surface area is 161 Å². The molecule has 0 fully saturated rings. The van der Waals surface area contributed by atoms with Crippen molar-refractivity contribution in [3.05, 3.63) is 65.4 Å². The molecule has 4 rings (SSSR count). The fourth-order valence-corrected chi connectivity index (χ4v) is 3.78. The molecule has 0 unspecified atom stereocenters. The van der Waals surface area contributed by atoms with E-state index in [1.807, 2.05) is 49.5 Å². The fraction of sp³-hybridized carbons (Fsp3) is 0.190. The van der Waals surface area contributed by atoms with Gasteiger partial charge in [0.25, 0.3) is 0 Å². The van der Waals surface area contributed by atoms with Crippen LogP contribution in [0.5, 0.6) is 0 Å². The number of fused-ring (bicyclic) bond motifs is 1. The lowest BCUT2D eigenvalue weighted by Crippen LogP contribution is -2.01. The van der Waals surface area contributed by atoms with E-state index in [-0.39, 0.29) is 5.78 Å². The van der Waals surface area contributed by atoms with E-state index in [0.717, 1.165) is 28.5 Å². The van der Waals surface area contributed by atoms with Gasteiger partial charge in [-0.1, -0.05) is 66.7 Å². The quantitative estimate of drug-likeness (QED) is 0.374. The minimum absolute atomic E-state index is 0.0705. The zero-order valence-electron chi connectivity index (χ0n) is 15.2. The first-order valence-electron chi connectivity index (χ1n) is 8.90. The Morgan fingerprint density at radius 3 is 2.74 bits per heavy atom. The number of hydrogen-bond acceptors (Lipinski definition) is 4. The van der Waals surface area contributed by atoms with Gasteiger partial charge in [-0.05, 0) is 18.9 Å². The smallest absolute Gasteiger partial charge is 0.209 e. The number of benzene rings is 2. The van der Waals surface area contributed by atoms with Crippen LogP contribution in [0, 0.1) is 6.92 Å². The number of nitrogens with one attached hydrogen (secondary N) is 2. The summed E-state index contributed by atoms with van der Waals surface area (Å²) in [6, 6.07) is 14.2. The number of aryl methyl sites for hydroxylation is 2. The summed E-state index contributed by atoms with van der Waals surface area (Å²) in [4.78, 5) is 20.4. The van der Waals surface area contributed by atoms with Crippen molar-refractivity contribution < 1.29 is 4.79 Å². The van der Waals surface area contributed by atoms with Crippen molar-refractivity contribution in [2.75, 3.05) is 5.75 Å². The lowest BCUT2D eigenvalue weighted by Gasteiger charge is -2.00. The largest absolute Gasteiger partial charge is 0.360 e. The van der Waals surface area contributed by atoms with Gasteiger partial charge in [-0.2, -0.15) is 0 Å². The standard InChI is InChI=1S/C21H20N4OS/c1-3-14-5-4-6-16-17(11-22-19(14)16)18(26)12-27-21-23-20(24-25-21)15-9-7-13(2)8-10-15/h4-11,22H,3,12H2,1-2H3,(H,23,24,25). The molecule has 0 spiro atoms. The maximum atomic E-state index is 12.7. The predicted molar refractivity (Wildman–Crippen MR) is 109 cm³/mol. The molecule has 27 heavy (non-hydrogen) atoms. The number of para-hydroxylation sites is 1. The molecule has 2 aromatic heterocycles. The van der Waals surface area contributed by atoms with Crippen molar-refractivity contribution >= 4 is 28.4 Å². The molecule has 0 atom stereocenters. The van der Waals surface area contributed by atoms with Crippen LogP contribution in [-0.2, 0) is 6.42 Å². The van der Waals surface area contributed by atoms with Gasteiger partial charge in [0, 0.05) is 28.2 Å². The van der Waals surface area contributed by atoms with E-state index in [2.05, 4.69) is 33.2 Å². The molecule has 0 aliphatic heterocycles. The second kappa shape index (κ2) is 7.40. The number of H-pyrrole nitrogens is 2. The lowest BCUT2D eigenvalue weighted by molar-refractivity contribution is 0.102. The Hall–Kier alpha value is -2.86.